The van der Waals surface area contributed by atoms with Crippen LogP contribution in [0.3, 0.4) is 0 Å². The molecule has 106 valence electrons. The van der Waals surface area contributed by atoms with Gasteiger partial charge in [-0.3, -0.25) is 0 Å². The second kappa shape index (κ2) is 6.31. The summed E-state index contributed by atoms with van der Waals surface area (Å²) in [4.78, 5) is 17.0. The van der Waals surface area contributed by atoms with Crippen LogP contribution in [0, 0.1) is 0 Å². The maximum atomic E-state index is 11.2. The van der Waals surface area contributed by atoms with Gasteiger partial charge in [-0.1, -0.05) is 18.2 Å². The molecule has 0 unspecified atom stereocenters. The molecule has 0 amide bonds. The molecule has 0 fully saturated rings. The molecule has 1 heterocycles. The average Bonchev–Trinajstić information content (AvgIpc) is 2.46. The number of anilines is 1. The molecule has 0 saturated heterocycles. The summed E-state index contributed by atoms with van der Waals surface area (Å²) in [5.74, 6) is -1.11. The summed E-state index contributed by atoms with van der Waals surface area (Å²) >= 11 is 0. The second-order valence-corrected chi connectivity index (χ2v) is 4.28. The quantitative estimate of drug-likeness (QED) is 0.720. The van der Waals surface area contributed by atoms with Gasteiger partial charge in [-0.05, 0) is 12.1 Å². The predicted octanol–water partition coefficient (Wildman–Crippen LogP) is 0.724. The Morgan fingerprint density at radius 3 is 2.40 bits per heavy atom. The monoisotopic (exact) mass is 276 g/mol. The minimum absolute atomic E-state index is 0.0559. The Labute approximate surface area is 115 Å². The van der Waals surface area contributed by atoms with Crippen LogP contribution in [0.1, 0.15) is 10.5 Å². The SMILES string of the molecule is O=C(O)c1cc(N(CCO)CCO)c2ccccc2n1. The zero-order valence-electron chi connectivity index (χ0n) is 10.9. The number of hydrogen-bond donors (Lipinski definition) is 3. The zero-order valence-corrected chi connectivity index (χ0v) is 10.9. The summed E-state index contributed by atoms with van der Waals surface area (Å²) in [5, 5.41) is 28.2. The molecule has 0 saturated carbocycles. The summed E-state index contributed by atoms with van der Waals surface area (Å²) in [6.45, 7) is 0.458. The maximum absolute atomic E-state index is 11.2. The molecule has 20 heavy (non-hydrogen) atoms. The molecule has 3 N–H and O–H groups in total. The van der Waals surface area contributed by atoms with Crippen molar-refractivity contribution < 1.29 is 20.1 Å². The summed E-state index contributed by atoms with van der Waals surface area (Å²) in [5.41, 5.74) is 1.17. The summed E-state index contributed by atoms with van der Waals surface area (Å²) in [7, 11) is 0. The fraction of sp³-hybridized carbons (Fsp3) is 0.286. The van der Waals surface area contributed by atoms with Crippen molar-refractivity contribution in [2.75, 3.05) is 31.2 Å². The van der Waals surface area contributed by atoms with E-state index in [4.69, 9.17) is 15.3 Å². The third kappa shape index (κ3) is 2.87. The number of carbonyl (C=O) groups is 1. The summed E-state index contributed by atoms with van der Waals surface area (Å²) < 4.78 is 0. The van der Waals surface area contributed by atoms with Crippen molar-refractivity contribution in [1.29, 1.82) is 0 Å². The first kappa shape index (κ1) is 14.2. The number of para-hydroxylation sites is 1. The van der Waals surface area contributed by atoms with Crippen molar-refractivity contribution in [3.05, 3.63) is 36.0 Å². The van der Waals surface area contributed by atoms with Crippen LogP contribution in [-0.4, -0.2) is 52.6 Å². The fourth-order valence-corrected chi connectivity index (χ4v) is 2.12. The molecular weight excluding hydrogens is 260 g/mol. The molecule has 0 radical (unpaired) electrons. The molecule has 0 bridgehead atoms. The number of rotatable bonds is 6. The molecule has 0 aliphatic carbocycles. The Kier molecular flexibility index (Phi) is 4.49. The largest absolute Gasteiger partial charge is 0.477 e. The van der Waals surface area contributed by atoms with E-state index in [1.54, 1.807) is 17.0 Å². The molecule has 2 rings (SSSR count). The van der Waals surface area contributed by atoms with Gasteiger partial charge in [0.15, 0.2) is 5.69 Å². The van der Waals surface area contributed by atoms with E-state index in [1.165, 1.54) is 6.07 Å². The van der Waals surface area contributed by atoms with Gasteiger partial charge in [0.25, 0.3) is 0 Å². The van der Waals surface area contributed by atoms with Gasteiger partial charge in [0.2, 0.25) is 0 Å². The third-order valence-electron chi connectivity index (χ3n) is 2.99. The van der Waals surface area contributed by atoms with Crippen molar-refractivity contribution >= 4 is 22.6 Å². The van der Waals surface area contributed by atoms with Crippen LogP contribution in [-0.2, 0) is 0 Å². The van der Waals surface area contributed by atoms with Crippen LogP contribution in [0.5, 0.6) is 0 Å². The molecular formula is C14H16N2O4. The predicted molar refractivity (Wildman–Crippen MR) is 75.1 cm³/mol. The van der Waals surface area contributed by atoms with E-state index in [9.17, 15) is 4.79 Å². The van der Waals surface area contributed by atoms with Crippen LogP contribution < -0.4 is 4.90 Å². The molecule has 0 aliphatic heterocycles. The first-order valence-electron chi connectivity index (χ1n) is 6.27. The van der Waals surface area contributed by atoms with Crippen molar-refractivity contribution in [2.24, 2.45) is 0 Å². The number of hydrogen-bond acceptors (Lipinski definition) is 5. The Morgan fingerprint density at radius 1 is 1.15 bits per heavy atom. The lowest BCUT2D eigenvalue weighted by atomic mass is 10.1. The highest BCUT2D eigenvalue weighted by molar-refractivity contribution is 5.97. The zero-order chi connectivity index (χ0) is 14.5. The Morgan fingerprint density at radius 2 is 1.80 bits per heavy atom. The number of aliphatic hydroxyl groups excluding tert-OH is 2. The van der Waals surface area contributed by atoms with E-state index in [0.717, 1.165) is 5.39 Å². The number of nitrogens with zero attached hydrogens (tertiary/aromatic N) is 2. The first-order chi connectivity index (χ1) is 9.67. The Balaban J connectivity index is 2.61. The topological polar surface area (TPSA) is 93.9 Å². The van der Waals surface area contributed by atoms with E-state index >= 15 is 0 Å². The minimum atomic E-state index is -1.11. The minimum Gasteiger partial charge on any atom is -0.477 e. The van der Waals surface area contributed by atoms with Crippen LogP contribution in [0.25, 0.3) is 10.9 Å². The number of benzene rings is 1. The normalized spacial score (nSPS) is 10.7. The van der Waals surface area contributed by atoms with Gasteiger partial charge in [0.05, 0.1) is 18.7 Å². The summed E-state index contributed by atoms with van der Waals surface area (Å²) in [6.07, 6.45) is 0. The lowest BCUT2D eigenvalue weighted by molar-refractivity contribution is 0.0691. The molecule has 0 spiro atoms. The van der Waals surface area contributed by atoms with Crippen molar-refractivity contribution in [3.63, 3.8) is 0 Å². The number of fused-ring (bicyclic) bond motifs is 1. The van der Waals surface area contributed by atoms with Gasteiger partial charge in [-0.25, -0.2) is 9.78 Å². The number of aromatic nitrogens is 1. The van der Waals surface area contributed by atoms with Gasteiger partial charge in [0.1, 0.15) is 0 Å². The number of pyridine rings is 1. The highest BCUT2D eigenvalue weighted by Gasteiger charge is 2.15. The van der Waals surface area contributed by atoms with Gasteiger partial charge >= 0.3 is 5.97 Å². The van der Waals surface area contributed by atoms with Crippen LogP contribution in [0.4, 0.5) is 5.69 Å². The number of aromatic carboxylic acids is 1. The summed E-state index contributed by atoms with van der Waals surface area (Å²) in [6, 6.07) is 8.67. The number of aliphatic hydroxyl groups is 2. The number of carboxylic acids is 1. The Bertz CT molecular complexity index is 609. The van der Waals surface area contributed by atoms with Gasteiger partial charge in [-0.15, -0.1) is 0 Å². The molecule has 2 aromatic rings. The van der Waals surface area contributed by atoms with E-state index in [-0.39, 0.29) is 18.9 Å². The number of carboxylic acid groups (broad SMARTS) is 1. The molecule has 6 heteroatoms. The van der Waals surface area contributed by atoms with Crippen LogP contribution in [0.2, 0.25) is 0 Å². The highest BCUT2D eigenvalue weighted by Crippen LogP contribution is 2.26. The molecule has 6 nitrogen and oxygen atoms in total. The highest BCUT2D eigenvalue weighted by atomic mass is 16.4. The fourth-order valence-electron chi connectivity index (χ4n) is 2.12. The molecule has 1 aromatic heterocycles. The molecule has 0 aliphatic rings. The third-order valence-corrected chi connectivity index (χ3v) is 2.99. The smallest absolute Gasteiger partial charge is 0.354 e. The first-order valence-corrected chi connectivity index (χ1v) is 6.27. The lowest BCUT2D eigenvalue weighted by Crippen LogP contribution is -2.30. The van der Waals surface area contributed by atoms with Crippen molar-refractivity contribution in [2.45, 2.75) is 0 Å². The Hall–Kier alpha value is -2.18. The van der Waals surface area contributed by atoms with Crippen LogP contribution >= 0.6 is 0 Å². The molecule has 0 atom stereocenters. The van der Waals surface area contributed by atoms with Gasteiger partial charge < -0.3 is 20.2 Å². The maximum Gasteiger partial charge on any atom is 0.354 e. The van der Waals surface area contributed by atoms with Gasteiger partial charge in [-0.2, -0.15) is 0 Å². The lowest BCUT2D eigenvalue weighted by Gasteiger charge is -2.24. The van der Waals surface area contributed by atoms with Crippen molar-refractivity contribution in [3.8, 4) is 0 Å². The van der Waals surface area contributed by atoms with Crippen LogP contribution in [0.15, 0.2) is 30.3 Å². The van der Waals surface area contributed by atoms with E-state index in [1.807, 2.05) is 12.1 Å². The van der Waals surface area contributed by atoms with Gasteiger partial charge in [0, 0.05) is 24.2 Å². The van der Waals surface area contributed by atoms with E-state index in [2.05, 4.69) is 4.98 Å². The van der Waals surface area contributed by atoms with Crippen molar-refractivity contribution in [1.82, 2.24) is 4.98 Å². The van der Waals surface area contributed by atoms with E-state index < -0.39 is 5.97 Å². The standard InChI is InChI=1S/C14H16N2O4/c17-7-5-16(6-8-18)13-9-12(14(19)20)15-11-4-2-1-3-10(11)13/h1-4,9,17-18H,5-8H2,(H,19,20). The van der Waals surface area contributed by atoms with E-state index in [0.29, 0.717) is 24.3 Å². The molecule has 1 aromatic carbocycles. The second-order valence-electron chi connectivity index (χ2n) is 4.28. The average molecular weight is 276 g/mol.